The molecule has 3 aromatic carbocycles. The van der Waals surface area contributed by atoms with Crippen LogP contribution in [0.15, 0.2) is 78.9 Å². The number of carbonyl (C=O) groups is 2. The zero-order valence-corrected chi connectivity index (χ0v) is 14.1. The van der Waals surface area contributed by atoms with Crippen LogP contribution in [-0.4, -0.2) is 16.7 Å². The van der Waals surface area contributed by atoms with Gasteiger partial charge in [0.05, 0.1) is 4.92 Å². The van der Waals surface area contributed by atoms with E-state index < -0.39 is 16.7 Å². The number of carbonyl (C=O) groups excluding carboxylic acids is 2. The third kappa shape index (κ3) is 4.16. The molecule has 0 unspecified atom stereocenters. The van der Waals surface area contributed by atoms with Crippen LogP contribution in [0.4, 0.5) is 5.69 Å². The van der Waals surface area contributed by atoms with Crippen LogP contribution in [0.2, 0.25) is 0 Å². The molecule has 3 rings (SSSR count). The monoisotopic (exact) mass is 361 g/mol. The van der Waals surface area contributed by atoms with Crippen molar-refractivity contribution < 1.29 is 14.5 Å². The van der Waals surface area contributed by atoms with Gasteiger partial charge in [-0.2, -0.15) is 0 Å². The van der Waals surface area contributed by atoms with Gasteiger partial charge in [-0.1, -0.05) is 54.6 Å². The Kier molecular flexibility index (Phi) is 5.22. The summed E-state index contributed by atoms with van der Waals surface area (Å²) in [5, 5.41) is 10.8. The largest absolute Gasteiger partial charge is 0.270 e. The quantitative estimate of drug-likeness (QED) is 0.550. The van der Waals surface area contributed by atoms with Gasteiger partial charge in [0.2, 0.25) is 0 Å². The maximum Gasteiger partial charge on any atom is 0.270 e. The van der Waals surface area contributed by atoms with E-state index in [1.165, 1.54) is 18.2 Å². The lowest BCUT2D eigenvalue weighted by Crippen LogP contribution is -2.41. The van der Waals surface area contributed by atoms with Gasteiger partial charge in [0, 0.05) is 23.3 Å². The van der Waals surface area contributed by atoms with Gasteiger partial charge in [-0.05, 0) is 23.3 Å². The molecule has 2 amide bonds. The highest BCUT2D eigenvalue weighted by molar-refractivity contribution is 6.03. The van der Waals surface area contributed by atoms with Crippen molar-refractivity contribution in [2.45, 2.75) is 0 Å². The molecule has 134 valence electrons. The number of nitro groups is 1. The molecule has 0 saturated carbocycles. The molecule has 2 N–H and O–H groups in total. The summed E-state index contributed by atoms with van der Waals surface area (Å²) < 4.78 is 0. The number of nitro benzene ring substituents is 1. The SMILES string of the molecule is O=C(NNC(=O)c1ccccc1-c1ccccc1)c1cccc([N+](=O)[O-])c1. The van der Waals surface area contributed by atoms with Gasteiger partial charge in [-0.3, -0.25) is 30.6 Å². The van der Waals surface area contributed by atoms with Crippen LogP contribution in [0.1, 0.15) is 20.7 Å². The summed E-state index contributed by atoms with van der Waals surface area (Å²) in [6, 6.07) is 21.6. The highest BCUT2D eigenvalue weighted by Gasteiger charge is 2.15. The molecule has 0 bridgehead atoms. The fraction of sp³-hybridized carbons (Fsp3) is 0. The van der Waals surface area contributed by atoms with Crippen LogP contribution >= 0.6 is 0 Å². The first-order valence-corrected chi connectivity index (χ1v) is 8.06. The summed E-state index contributed by atoms with van der Waals surface area (Å²) in [5.41, 5.74) is 6.48. The smallest absolute Gasteiger partial charge is 0.267 e. The zero-order valence-electron chi connectivity index (χ0n) is 14.1. The second-order valence-corrected chi connectivity index (χ2v) is 5.63. The molecular weight excluding hydrogens is 346 g/mol. The summed E-state index contributed by atoms with van der Waals surface area (Å²) in [6.45, 7) is 0. The maximum absolute atomic E-state index is 12.5. The van der Waals surface area contributed by atoms with Crippen LogP contribution in [0.3, 0.4) is 0 Å². The molecule has 0 saturated heterocycles. The van der Waals surface area contributed by atoms with Crippen LogP contribution in [-0.2, 0) is 0 Å². The van der Waals surface area contributed by atoms with E-state index in [0.29, 0.717) is 5.56 Å². The first-order valence-electron chi connectivity index (χ1n) is 8.06. The summed E-state index contributed by atoms with van der Waals surface area (Å²) in [6.07, 6.45) is 0. The molecule has 0 spiro atoms. The highest BCUT2D eigenvalue weighted by Crippen LogP contribution is 2.23. The summed E-state index contributed by atoms with van der Waals surface area (Å²) in [7, 11) is 0. The van der Waals surface area contributed by atoms with Crippen molar-refractivity contribution >= 4 is 17.5 Å². The highest BCUT2D eigenvalue weighted by atomic mass is 16.6. The van der Waals surface area contributed by atoms with Crippen molar-refractivity contribution in [1.82, 2.24) is 10.9 Å². The molecule has 27 heavy (non-hydrogen) atoms. The molecule has 0 aliphatic rings. The number of rotatable bonds is 4. The van der Waals surface area contributed by atoms with E-state index >= 15 is 0 Å². The number of non-ortho nitro benzene ring substituents is 1. The van der Waals surface area contributed by atoms with E-state index in [2.05, 4.69) is 10.9 Å². The minimum Gasteiger partial charge on any atom is -0.267 e. The Hall–Kier alpha value is -4.00. The van der Waals surface area contributed by atoms with Crippen molar-refractivity contribution in [3.63, 3.8) is 0 Å². The Labute approximate surface area is 154 Å². The third-order valence-electron chi connectivity index (χ3n) is 3.87. The van der Waals surface area contributed by atoms with E-state index in [-0.39, 0.29) is 11.3 Å². The van der Waals surface area contributed by atoms with Crippen molar-refractivity contribution in [3.8, 4) is 11.1 Å². The first-order chi connectivity index (χ1) is 13.1. The second kappa shape index (κ2) is 7.92. The number of nitrogens with zero attached hydrogens (tertiary/aromatic N) is 1. The topological polar surface area (TPSA) is 101 Å². The van der Waals surface area contributed by atoms with Crippen molar-refractivity contribution in [2.75, 3.05) is 0 Å². The summed E-state index contributed by atoms with van der Waals surface area (Å²) in [5.74, 6) is -1.14. The van der Waals surface area contributed by atoms with E-state index in [0.717, 1.165) is 17.2 Å². The first kappa shape index (κ1) is 17.8. The molecule has 7 nitrogen and oxygen atoms in total. The Morgan fingerprint density at radius 3 is 2.19 bits per heavy atom. The Bertz CT molecular complexity index is 1000. The van der Waals surface area contributed by atoms with Crippen LogP contribution in [0.25, 0.3) is 11.1 Å². The molecular formula is C20H15N3O4. The maximum atomic E-state index is 12.5. The summed E-state index contributed by atoms with van der Waals surface area (Å²) >= 11 is 0. The normalized spacial score (nSPS) is 10.1. The number of hydrogen-bond donors (Lipinski definition) is 2. The van der Waals surface area contributed by atoms with Crippen LogP contribution in [0.5, 0.6) is 0 Å². The lowest BCUT2D eigenvalue weighted by atomic mass is 9.99. The zero-order chi connectivity index (χ0) is 19.2. The second-order valence-electron chi connectivity index (χ2n) is 5.63. The average molecular weight is 361 g/mol. The van der Waals surface area contributed by atoms with Gasteiger partial charge >= 0.3 is 0 Å². The Morgan fingerprint density at radius 1 is 0.778 bits per heavy atom. The number of nitrogens with one attached hydrogen (secondary N) is 2. The molecule has 0 radical (unpaired) electrons. The molecule has 0 aliphatic heterocycles. The molecule has 0 aromatic heterocycles. The average Bonchev–Trinajstić information content (AvgIpc) is 2.72. The predicted molar refractivity (Wildman–Crippen MR) is 99.9 cm³/mol. The minimum atomic E-state index is -0.649. The van der Waals surface area contributed by atoms with Crippen molar-refractivity contribution in [3.05, 3.63) is 100 Å². The summed E-state index contributed by atoms with van der Waals surface area (Å²) in [4.78, 5) is 34.9. The van der Waals surface area contributed by atoms with Gasteiger partial charge < -0.3 is 0 Å². The van der Waals surface area contributed by atoms with Crippen molar-refractivity contribution in [2.24, 2.45) is 0 Å². The van der Waals surface area contributed by atoms with Crippen LogP contribution < -0.4 is 10.9 Å². The van der Waals surface area contributed by atoms with Gasteiger partial charge in [0.25, 0.3) is 17.5 Å². The van der Waals surface area contributed by atoms with Gasteiger partial charge in [0.15, 0.2) is 0 Å². The number of hydrazine groups is 1. The molecule has 0 aliphatic carbocycles. The predicted octanol–water partition coefficient (Wildman–Crippen LogP) is 3.34. The molecule has 0 atom stereocenters. The molecule has 0 heterocycles. The van der Waals surface area contributed by atoms with E-state index in [9.17, 15) is 19.7 Å². The number of hydrogen-bond acceptors (Lipinski definition) is 4. The molecule has 3 aromatic rings. The number of amides is 2. The lowest BCUT2D eigenvalue weighted by Gasteiger charge is -2.11. The van der Waals surface area contributed by atoms with Gasteiger partial charge in [-0.15, -0.1) is 0 Å². The van der Waals surface area contributed by atoms with Gasteiger partial charge in [-0.25, -0.2) is 0 Å². The van der Waals surface area contributed by atoms with Crippen LogP contribution in [0, 0.1) is 10.1 Å². The van der Waals surface area contributed by atoms with Gasteiger partial charge in [0.1, 0.15) is 0 Å². The Balaban J connectivity index is 1.75. The number of benzene rings is 3. The van der Waals surface area contributed by atoms with E-state index in [1.807, 2.05) is 42.5 Å². The molecule has 7 heteroatoms. The van der Waals surface area contributed by atoms with E-state index in [1.54, 1.807) is 12.1 Å². The third-order valence-corrected chi connectivity index (χ3v) is 3.87. The Morgan fingerprint density at radius 2 is 1.44 bits per heavy atom. The fourth-order valence-electron chi connectivity index (χ4n) is 2.56. The van der Waals surface area contributed by atoms with E-state index in [4.69, 9.17) is 0 Å². The minimum absolute atomic E-state index is 0.0702. The standard InChI is InChI=1S/C20H15N3O4/c24-19(15-9-6-10-16(13-15)23(26)27)21-22-20(25)18-12-5-4-11-17(18)14-7-2-1-3-8-14/h1-13H,(H,21,24)(H,22,25). The lowest BCUT2D eigenvalue weighted by molar-refractivity contribution is -0.384. The fourth-order valence-corrected chi connectivity index (χ4v) is 2.56. The molecule has 0 fully saturated rings. The van der Waals surface area contributed by atoms with Crippen molar-refractivity contribution in [1.29, 1.82) is 0 Å².